The second-order valence-corrected chi connectivity index (χ2v) is 8.02. The second kappa shape index (κ2) is 9.62. The molecule has 0 radical (unpaired) electrons. The molecule has 0 aliphatic carbocycles. The zero-order valence-corrected chi connectivity index (χ0v) is 19.0. The Balaban J connectivity index is 1.54. The Morgan fingerprint density at radius 1 is 1.24 bits per heavy atom. The summed E-state index contributed by atoms with van der Waals surface area (Å²) in [5.74, 6) is 0.00105. The molecule has 11 heteroatoms. The first kappa shape index (κ1) is 22.8. The average molecular weight is 487 g/mol. The lowest BCUT2D eigenvalue weighted by Crippen LogP contribution is -2.26. The number of amides is 1. The monoisotopic (exact) mass is 486 g/mol. The predicted octanol–water partition coefficient (Wildman–Crippen LogP) is 3.54. The van der Waals surface area contributed by atoms with Crippen molar-refractivity contribution in [3.05, 3.63) is 70.1 Å². The van der Waals surface area contributed by atoms with Crippen molar-refractivity contribution in [1.82, 2.24) is 24.9 Å². The van der Waals surface area contributed by atoms with Crippen molar-refractivity contribution in [2.24, 2.45) is 0 Å². The van der Waals surface area contributed by atoms with Gasteiger partial charge in [-0.25, -0.2) is 14.5 Å². The molecule has 0 spiro atoms. The van der Waals surface area contributed by atoms with Gasteiger partial charge in [-0.05, 0) is 36.2 Å². The van der Waals surface area contributed by atoms with Crippen LogP contribution in [0.15, 0.2) is 48.9 Å². The molecule has 9 nitrogen and oxygen atoms in total. The minimum atomic E-state index is -0.742. The van der Waals surface area contributed by atoms with Gasteiger partial charge in [-0.3, -0.25) is 4.79 Å². The van der Waals surface area contributed by atoms with E-state index in [2.05, 4.69) is 20.4 Å². The zero-order chi connectivity index (χ0) is 23.5. The van der Waals surface area contributed by atoms with E-state index < -0.39 is 12.0 Å². The third kappa shape index (κ3) is 4.70. The number of aliphatic hydroxyl groups is 1. The number of pyridine rings is 1. The lowest BCUT2D eigenvalue weighted by atomic mass is 10.1. The van der Waals surface area contributed by atoms with Gasteiger partial charge in [0.2, 0.25) is 5.88 Å². The number of benzene rings is 1. The van der Waals surface area contributed by atoms with Crippen molar-refractivity contribution >= 4 is 40.4 Å². The standard InChI is InChI=1S/C22H20Cl2N6O3/c1-33-22-15(21(32)26-7-6-18(31)12-2-4-14(23)5-3-12)8-13(10-27-22)17-9-16(24)19-20(25)28-11-29-30(17)19/h2-5,8-11,18,31H,6-7H2,1H3,(H,26,32)(H2,25,28,29). The number of carbonyl (C=O) groups is 1. The molecule has 33 heavy (non-hydrogen) atoms. The summed E-state index contributed by atoms with van der Waals surface area (Å²) in [5, 5.41) is 18.3. The number of fused-ring (bicyclic) bond motifs is 1. The van der Waals surface area contributed by atoms with Crippen LogP contribution in [0, 0.1) is 0 Å². The number of halogens is 2. The van der Waals surface area contributed by atoms with Gasteiger partial charge in [-0.2, -0.15) is 5.10 Å². The molecule has 1 atom stereocenters. The molecule has 3 heterocycles. The fraction of sp³-hybridized carbons (Fsp3) is 0.182. The molecule has 0 saturated heterocycles. The summed E-state index contributed by atoms with van der Waals surface area (Å²) in [7, 11) is 1.43. The lowest BCUT2D eigenvalue weighted by molar-refractivity contribution is 0.0939. The summed E-state index contributed by atoms with van der Waals surface area (Å²) in [6.45, 7) is 0.236. The smallest absolute Gasteiger partial charge is 0.256 e. The normalized spacial score (nSPS) is 12.0. The average Bonchev–Trinajstić information content (AvgIpc) is 3.16. The van der Waals surface area contributed by atoms with Gasteiger partial charge in [-0.1, -0.05) is 35.3 Å². The number of aliphatic hydroxyl groups excluding tert-OH is 1. The molecule has 4 N–H and O–H groups in total. The number of aromatic nitrogens is 4. The summed E-state index contributed by atoms with van der Waals surface area (Å²) in [4.78, 5) is 21.1. The molecule has 1 aromatic carbocycles. The number of hydrogen-bond acceptors (Lipinski definition) is 7. The van der Waals surface area contributed by atoms with Crippen molar-refractivity contribution in [3.8, 4) is 17.1 Å². The number of ether oxygens (including phenoxy) is 1. The number of rotatable bonds is 7. The lowest BCUT2D eigenvalue weighted by Gasteiger charge is -2.13. The number of nitrogens with one attached hydrogen (secondary N) is 1. The molecule has 0 aliphatic rings. The first-order valence-electron chi connectivity index (χ1n) is 9.93. The third-order valence-electron chi connectivity index (χ3n) is 5.08. The van der Waals surface area contributed by atoms with Crippen LogP contribution in [-0.2, 0) is 0 Å². The minimum Gasteiger partial charge on any atom is -0.480 e. The van der Waals surface area contributed by atoms with Gasteiger partial charge in [0.1, 0.15) is 17.4 Å². The van der Waals surface area contributed by atoms with Gasteiger partial charge in [-0.15, -0.1) is 0 Å². The Kier molecular flexibility index (Phi) is 6.64. The highest BCUT2D eigenvalue weighted by Gasteiger charge is 2.19. The van der Waals surface area contributed by atoms with Gasteiger partial charge in [0.05, 0.1) is 23.9 Å². The number of anilines is 1. The second-order valence-electron chi connectivity index (χ2n) is 7.18. The number of nitrogens with zero attached hydrogens (tertiary/aromatic N) is 4. The van der Waals surface area contributed by atoms with Crippen LogP contribution < -0.4 is 15.8 Å². The number of nitrogen functional groups attached to an aromatic ring is 1. The fourth-order valence-corrected chi connectivity index (χ4v) is 3.82. The van der Waals surface area contributed by atoms with E-state index in [-0.39, 0.29) is 23.8 Å². The van der Waals surface area contributed by atoms with Crippen LogP contribution in [0.5, 0.6) is 5.88 Å². The topological polar surface area (TPSA) is 128 Å². The Morgan fingerprint density at radius 2 is 2.00 bits per heavy atom. The van der Waals surface area contributed by atoms with Crippen LogP contribution in [0.4, 0.5) is 5.82 Å². The SMILES string of the molecule is COc1ncc(-c2cc(Cl)c3c(N)ncnn23)cc1C(=O)NCCC(O)c1ccc(Cl)cc1. The van der Waals surface area contributed by atoms with Crippen LogP contribution in [0.25, 0.3) is 16.8 Å². The Bertz CT molecular complexity index is 1310. The maximum absolute atomic E-state index is 12.9. The van der Waals surface area contributed by atoms with Crippen molar-refractivity contribution in [2.75, 3.05) is 19.4 Å². The highest BCUT2D eigenvalue weighted by molar-refractivity contribution is 6.35. The van der Waals surface area contributed by atoms with E-state index in [1.54, 1.807) is 42.6 Å². The maximum Gasteiger partial charge on any atom is 0.256 e. The largest absolute Gasteiger partial charge is 0.480 e. The van der Waals surface area contributed by atoms with E-state index in [0.29, 0.717) is 38.8 Å². The molecule has 4 aromatic rings. The quantitative estimate of drug-likeness (QED) is 0.364. The molecule has 1 unspecified atom stereocenters. The summed E-state index contributed by atoms with van der Waals surface area (Å²) in [5.41, 5.74) is 8.50. The van der Waals surface area contributed by atoms with Crippen LogP contribution in [-0.4, -0.2) is 44.3 Å². The number of hydrogen-bond donors (Lipinski definition) is 3. The van der Waals surface area contributed by atoms with Gasteiger partial charge in [0.25, 0.3) is 5.91 Å². The molecule has 0 bridgehead atoms. The molecular weight excluding hydrogens is 467 g/mol. The Labute approximate surface area is 199 Å². The van der Waals surface area contributed by atoms with Crippen molar-refractivity contribution in [1.29, 1.82) is 0 Å². The van der Waals surface area contributed by atoms with E-state index in [0.717, 1.165) is 0 Å². The van der Waals surface area contributed by atoms with Crippen molar-refractivity contribution < 1.29 is 14.6 Å². The predicted molar refractivity (Wildman–Crippen MR) is 126 cm³/mol. The first-order valence-corrected chi connectivity index (χ1v) is 10.7. The van der Waals surface area contributed by atoms with E-state index in [1.807, 2.05) is 0 Å². The van der Waals surface area contributed by atoms with E-state index in [9.17, 15) is 9.90 Å². The van der Waals surface area contributed by atoms with Gasteiger partial charge in [0.15, 0.2) is 5.82 Å². The summed E-state index contributed by atoms with van der Waals surface area (Å²) in [6.07, 6.45) is 2.45. The molecule has 4 rings (SSSR count). The number of carbonyl (C=O) groups excluding carboxylic acids is 1. The highest BCUT2D eigenvalue weighted by atomic mass is 35.5. The molecule has 0 aliphatic heterocycles. The van der Waals surface area contributed by atoms with E-state index in [4.69, 9.17) is 33.7 Å². The molecule has 0 saturated carbocycles. The third-order valence-corrected chi connectivity index (χ3v) is 5.62. The minimum absolute atomic E-state index is 0.163. The van der Waals surface area contributed by atoms with Crippen LogP contribution >= 0.6 is 23.2 Å². The Morgan fingerprint density at radius 3 is 2.73 bits per heavy atom. The summed E-state index contributed by atoms with van der Waals surface area (Å²) in [6, 6.07) is 10.2. The molecule has 3 aromatic heterocycles. The first-order chi connectivity index (χ1) is 15.9. The van der Waals surface area contributed by atoms with Crippen molar-refractivity contribution in [3.63, 3.8) is 0 Å². The molecule has 170 valence electrons. The number of nitrogens with two attached hydrogens (primary N) is 1. The fourth-order valence-electron chi connectivity index (χ4n) is 3.42. The van der Waals surface area contributed by atoms with E-state index in [1.165, 1.54) is 18.0 Å². The summed E-state index contributed by atoms with van der Waals surface area (Å²) < 4.78 is 6.80. The van der Waals surface area contributed by atoms with Crippen LogP contribution in [0.3, 0.4) is 0 Å². The molecule has 0 fully saturated rings. The van der Waals surface area contributed by atoms with Crippen LogP contribution in [0.2, 0.25) is 10.0 Å². The molecular formula is C22H20Cl2N6O3. The van der Waals surface area contributed by atoms with Gasteiger partial charge in [0, 0.05) is 23.3 Å². The maximum atomic E-state index is 12.9. The van der Waals surface area contributed by atoms with Gasteiger partial charge >= 0.3 is 0 Å². The summed E-state index contributed by atoms with van der Waals surface area (Å²) >= 11 is 12.2. The Hall–Kier alpha value is -3.40. The van der Waals surface area contributed by atoms with E-state index >= 15 is 0 Å². The zero-order valence-electron chi connectivity index (χ0n) is 17.5. The van der Waals surface area contributed by atoms with Crippen LogP contribution in [0.1, 0.15) is 28.4 Å². The van der Waals surface area contributed by atoms with Gasteiger partial charge < -0.3 is 20.9 Å². The number of methoxy groups -OCH3 is 1. The molecule has 1 amide bonds. The van der Waals surface area contributed by atoms with Crippen molar-refractivity contribution in [2.45, 2.75) is 12.5 Å². The highest BCUT2D eigenvalue weighted by Crippen LogP contribution is 2.32.